The minimum Gasteiger partial charge on any atom is -0.300 e. The van der Waals surface area contributed by atoms with Gasteiger partial charge < -0.3 is 4.89 Å². The lowest BCUT2D eigenvalue weighted by atomic mass is 10.0. The van der Waals surface area contributed by atoms with Gasteiger partial charge in [0.1, 0.15) is 11.7 Å². The third-order valence-electron chi connectivity index (χ3n) is 1.44. The summed E-state index contributed by atoms with van der Waals surface area (Å²) in [5, 5.41) is 7.98. The molecule has 0 saturated heterocycles. The molecule has 0 aromatic rings. The number of hydrogen-bond donors (Lipinski definition) is 1. The Kier molecular flexibility index (Phi) is 4.45. The van der Waals surface area contributed by atoms with Crippen LogP contribution < -0.4 is 0 Å². The van der Waals surface area contributed by atoms with Gasteiger partial charge in [-0.25, -0.2) is 4.79 Å². The zero-order valence-electron chi connectivity index (χ0n) is 6.66. The minimum absolute atomic E-state index is 0.272. The fourth-order valence-electron chi connectivity index (χ4n) is 0.839. The Hall–Kier alpha value is -0.900. The molecule has 4 heteroatoms. The summed E-state index contributed by atoms with van der Waals surface area (Å²) in [7, 11) is 0. The van der Waals surface area contributed by atoms with E-state index >= 15 is 0 Å². The first-order valence-electron chi connectivity index (χ1n) is 3.49. The van der Waals surface area contributed by atoms with E-state index in [1.165, 1.54) is 6.92 Å². The van der Waals surface area contributed by atoms with Crippen molar-refractivity contribution in [2.45, 2.75) is 26.7 Å². The van der Waals surface area contributed by atoms with E-state index in [2.05, 4.69) is 4.89 Å². The standard InChI is InChI=1S/C7H12O4/c1-3-4-6(5(2)8)7(9)11-10/h6,10H,3-4H2,1-2H3. The average molecular weight is 160 g/mol. The van der Waals surface area contributed by atoms with Crippen molar-refractivity contribution in [1.29, 1.82) is 0 Å². The van der Waals surface area contributed by atoms with Crippen molar-refractivity contribution >= 4 is 11.8 Å². The molecule has 0 aromatic heterocycles. The summed E-state index contributed by atoms with van der Waals surface area (Å²) in [6.45, 7) is 3.15. The van der Waals surface area contributed by atoms with E-state index in [9.17, 15) is 9.59 Å². The van der Waals surface area contributed by atoms with E-state index in [0.29, 0.717) is 12.8 Å². The molecule has 0 fully saturated rings. The summed E-state index contributed by atoms with van der Waals surface area (Å²) in [6, 6.07) is 0. The van der Waals surface area contributed by atoms with Crippen LogP contribution in [-0.2, 0) is 14.5 Å². The van der Waals surface area contributed by atoms with Gasteiger partial charge in [-0.1, -0.05) is 13.3 Å². The van der Waals surface area contributed by atoms with Crippen molar-refractivity contribution in [2.24, 2.45) is 5.92 Å². The monoisotopic (exact) mass is 160 g/mol. The largest absolute Gasteiger partial charge is 0.352 e. The van der Waals surface area contributed by atoms with Crippen LogP contribution in [0.15, 0.2) is 0 Å². The van der Waals surface area contributed by atoms with Crippen molar-refractivity contribution in [1.82, 2.24) is 0 Å². The first-order valence-corrected chi connectivity index (χ1v) is 3.49. The van der Waals surface area contributed by atoms with Crippen LogP contribution in [0.3, 0.4) is 0 Å². The van der Waals surface area contributed by atoms with Crippen LogP contribution in [0.5, 0.6) is 0 Å². The molecule has 0 aliphatic heterocycles. The van der Waals surface area contributed by atoms with Gasteiger partial charge in [0.05, 0.1) is 0 Å². The third kappa shape index (κ3) is 3.13. The smallest absolute Gasteiger partial charge is 0.300 e. The molecule has 0 spiro atoms. The van der Waals surface area contributed by atoms with Gasteiger partial charge in [0.2, 0.25) is 0 Å². The van der Waals surface area contributed by atoms with Gasteiger partial charge in [-0.15, -0.1) is 0 Å². The SMILES string of the molecule is CCCC(C(C)=O)C(=O)OO. The Morgan fingerprint density at radius 2 is 2.09 bits per heavy atom. The van der Waals surface area contributed by atoms with Gasteiger partial charge in [0.25, 0.3) is 0 Å². The van der Waals surface area contributed by atoms with E-state index in [4.69, 9.17) is 5.26 Å². The normalized spacial score (nSPS) is 12.3. The van der Waals surface area contributed by atoms with Crippen molar-refractivity contribution in [3.05, 3.63) is 0 Å². The summed E-state index contributed by atoms with van der Waals surface area (Å²) < 4.78 is 0. The molecule has 0 saturated carbocycles. The molecule has 0 aliphatic carbocycles. The third-order valence-corrected chi connectivity index (χ3v) is 1.44. The molecule has 0 heterocycles. The molecule has 11 heavy (non-hydrogen) atoms. The first kappa shape index (κ1) is 10.1. The first-order chi connectivity index (χ1) is 5.13. The van der Waals surface area contributed by atoms with Crippen molar-refractivity contribution in [2.75, 3.05) is 0 Å². The zero-order valence-corrected chi connectivity index (χ0v) is 6.66. The highest BCUT2D eigenvalue weighted by atomic mass is 17.1. The number of hydrogen-bond acceptors (Lipinski definition) is 4. The summed E-state index contributed by atoms with van der Waals surface area (Å²) in [4.78, 5) is 24.8. The lowest BCUT2D eigenvalue weighted by Gasteiger charge is -2.06. The predicted molar refractivity (Wildman–Crippen MR) is 37.8 cm³/mol. The lowest BCUT2D eigenvalue weighted by Crippen LogP contribution is -2.23. The Labute approximate surface area is 65.1 Å². The molecule has 4 nitrogen and oxygen atoms in total. The fraction of sp³-hybridized carbons (Fsp3) is 0.714. The lowest BCUT2D eigenvalue weighted by molar-refractivity contribution is -0.238. The van der Waals surface area contributed by atoms with Crippen LogP contribution in [0.2, 0.25) is 0 Å². The predicted octanol–water partition coefficient (Wildman–Crippen LogP) is 1.01. The van der Waals surface area contributed by atoms with E-state index in [1.807, 2.05) is 6.92 Å². The van der Waals surface area contributed by atoms with Crippen LogP contribution in [-0.4, -0.2) is 17.0 Å². The topological polar surface area (TPSA) is 63.6 Å². The van der Waals surface area contributed by atoms with Crippen LogP contribution >= 0.6 is 0 Å². The summed E-state index contributed by atoms with van der Waals surface area (Å²) in [6.07, 6.45) is 1.13. The Balaban J connectivity index is 4.09. The van der Waals surface area contributed by atoms with Crippen LogP contribution in [0.25, 0.3) is 0 Å². The van der Waals surface area contributed by atoms with E-state index in [1.54, 1.807) is 0 Å². The van der Waals surface area contributed by atoms with E-state index in [-0.39, 0.29) is 5.78 Å². The van der Waals surface area contributed by atoms with Crippen molar-refractivity contribution < 1.29 is 19.7 Å². The number of rotatable bonds is 4. The molecule has 0 aromatic carbocycles. The van der Waals surface area contributed by atoms with Crippen LogP contribution in [0.1, 0.15) is 26.7 Å². The molecule has 1 unspecified atom stereocenters. The average Bonchev–Trinajstić information content (AvgIpc) is 1.98. The number of carbonyl (C=O) groups excluding carboxylic acids is 2. The molecule has 0 radical (unpaired) electrons. The quantitative estimate of drug-likeness (QED) is 0.378. The highest BCUT2D eigenvalue weighted by Crippen LogP contribution is 2.08. The Morgan fingerprint density at radius 3 is 2.36 bits per heavy atom. The molecule has 0 bridgehead atoms. The fourth-order valence-corrected chi connectivity index (χ4v) is 0.839. The molecular weight excluding hydrogens is 148 g/mol. The Morgan fingerprint density at radius 1 is 1.55 bits per heavy atom. The maximum Gasteiger partial charge on any atom is 0.352 e. The number of carbonyl (C=O) groups is 2. The molecule has 64 valence electrons. The second-order valence-electron chi connectivity index (χ2n) is 2.36. The summed E-state index contributed by atoms with van der Waals surface area (Å²) in [5.74, 6) is -1.93. The number of ketones is 1. The molecular formula is C7H12O4. The highest BCUT2D eigenvalue weighted by molar-refractivity contribution is 5.97. The van der Waals surface area contributed by atoms with Gasteiger partial charge in [0, 0.05) is 0 Å². The molecule has 0 amide bonds. The van der Waals surface area contributed by atoms with Crippen LogP contribution in [0, 0.1) is 5.92 Å². The van der Waals surface area contributed by atoms with Crippen LogP contribution in [0.4, 0.5) is 0 Å². The maximum atomic E-state index is 10.7. The number of Topliss-reactive ketones (excluding diaryl/α,β-unsaturated/α-hetero) is 1. The van der Waals surface area contributed by atoms with Gasteiger partial charge in [-0.3, -0.25) is 4.79 Å². The Bertz CT molecular complexity index is 153. The second-order valence-corrected chi connectivity index (χ2v) is 2.36. The molecule has 0 rings (SSSR count). The van der Waals surface area contributed by atoms with Gasteiger partial charge >= 0.3 is 5.97 Å². The molecule has 1 atom stereocenters. The summed E-state index contributed by atoms with van der Waals surface area (Å²) >= 11 is 0. The van der Waals surface area contributed by atoms with Crippen molar-refractivity contribution in [3.63, 3.8) is 0 Å². The van der Waals surface area contributed by atoms with Gasteiger partial charge in [-0.2, -0.15) is 5.26 Å². The van der Waals surface area contributed by atoms with Crippen molar-refractivity contribution in [3.8, 4) is 0 Å². The highest BCUT2D eigenvalue weighted by Gasteiger charge is 2.23. The van der Waals surface area contributed by atoms with Gasteiger partial charge in [0.15, 0.2) is 0 Å². The van der Waals surface area contributed by atoms with E-state index in [0.717, 1.165) is 0 Å². The van der Waals surface area contributed by atoms with Gasteiger partial charge in [-0.05, 0) is 13.3 Å². The summed E-state index contributed by atoms with van der Waals surface area (Å²) in [5.41, 5.74) is 0. The minimum atomic E-state index is -0.862. The molecule has 0 aliphatic rings. The second kappa shape index (κ2) is 4.85. The van der Waals surface area contributed by atoms with E-state index < -0.39 is 11.9 Å². The maximum absolute atomic E-state index is 10.7. The molecule has 1 N–H and O–H groups in total. The zero-order chi connectivity index (χ0) is 8.85.